The zero-order chi connectivity index (χ0) is 36.2. The van der Waals surface area contributed by atoms with Gasteiger partial charge in [-0.05, 0) is 86.4 Å². The molecule has 0 radical (unpaired) electrons. The maximum absolute atomic E-state index is 12.4. The number of benzene rings is 4. The van der Waals surface area contributed by atoms with Crippen molar-refractivity contribution in [1.29, 1.82) is 0 Å². The van der Waals surface area contributed by atoms with E-state index in [1.807, 2.05) is 12.3 Å². The van der Waals surface area contributed by atoms with Gasteiger partial charge in [0, 0.05) is 44.8 Å². The highest BCUT2D eigenvalue weighted by Crippen LogP contribution is 2.37. The molecule has 9 rings (SSSR count). The minimum atomic E-state index is -1.000. The normalized spacial score (nSPS) is 17.8. The topological polar surface area (TPSA) is 73.1 Å². The number of hydrogen-bond acceptors (Lipinski definition) is 4. The third-order valence-corrected chi connectivity index (χ3v) is 10.3. The first kappa shape index (κ1) is 32.5. The fourth-order valence-corrected chi connectivity index (χ4v) is 7.45. The molecule has 1 atom stereocenters. The smallest absolute Gasteiger partial charge is 0.124 e. The van der Waals surface area contributed by atoms with E-state index in [1.165, 1.54) is 11.1 Å². The Balaban J connectivity index is 1.39. The number of aromatic nitrogens is 1. The molecule has 4 aromatic carbocycles. The van der Waals surface area contributed by atoms with Crippen LogP contribution in [0.2, 0.25) is 0 Å². The number of nitrogens with one attached hydrogen (secondary N) is 1. The molecule has 4 aliphatic heterocycles. The minimum Gasteiger partial charge on any atom is -0.382 e. The molecule has 5 heterocycles. The Labute approximate surface area is 309 Å². The molecule has 8 bridgehead atoms. The first-order valence-corrected chi connectivity index (χ1v) is 18.0. The number of nitrogens with zero attached hydrogens (tertiary/aromatic N) is 3. The number of aliphatic imine (C=N–C) groups is 3. The average molecular weight is 687 g/mol. The van der Waals surface area contributed by atoms with Gasteiger partial charge in [-0.3, -0.25) is 4.99 Å². The van der Waals surface area contributed by atoms with Gasteiger partial charge in [-0.1, -0.05) is 119 Å². The highest BCUT2D eigenvalue weighted by Gasteiger charge is 2.32. The summed E-state index contributed by atoms with van der Waals surface area (Å²) in [7, 11) is 0. The van der Waals surface area contributed by atoms with Gasteiger partial charge in [0.2, 0.25) is 0 Å². The van der Waals surface area contributed by atoms with Crippen molar-refractivity contribution in [3.63, 3.8) is 0 Å². The molecule has 0 saturated heterocycles. The van der Waals surface area contributed by atoms with Crippen LogP contribution in [0.1, 0.15) is 44.5 Å². The van der Waals surface area contributed by atoms with Crippen molar-refractivity contribution >= 4 is 39.4 Å². The van der Waals surface area contributed by atoms with Gasteiger partial charge in [0.05, 0.1) is 28.5 Å². The van der Waals surface area contributed by atoms with Crippen molar-refractivity contribution in [3.05, 3.63) is 212 Å². The van der Waals surface area contributed by atoms with Gasteiger partial charge in [0.1, 0.15) is 6.10 Å². The van der Waals surface area contributed by atoms with E-state index in [2.05, 4.69) is 160 Å². The molecule has 5 aromatic rings. The van der Waals surface area contributed by atoms with E-state index >= 15 is 0 Å². The summed E-state index contributed by atoms with van der Waals surface area (Å²) in [6, 6.07) is 38.1. The number of allylic oxidation sites excluding steroid dienone is 5. The average Bonchev–Trinajstić information content (AvgIpc) is 3.99. The highest BCUT2D eigenvalue weighted by atomic mass is 16.3. The Morgan fingerprint density at radius 1 is 0.453 bits per heavy atom. The SMILES string of the molecule is Cc1ccc(C2=C3C=CC(=N3)C(c3ccc(C)cc3)=c3ccc([nH]3)=C(c3ccc(C)cc3)C3=CN=C(C(c4ccc(C)cc4)=C4C=CC2=N4)C3O)cc1. The molecule has 2 N–H and O–H groups in total. The van der Waals surface area contributed by atoms with Crippen LogP contribution in [0, 0.1) is 27.7 Å². The fourth-order valence-electron chi connectivity index (χ4n) is 7.45. The van der Waals surface area contributed by atoms with Crippen LogP contribution in [0.15, 0.2) is 172 Å². The number of H-pyrrole nitrogens is 1. The van der Waals surface area contributed by atoms with Crippen molar-refractivity contribution in [2.24, 2.45) is 15.0 Å². The molecule has 4 aliphatic rings. The summed E-state index contributed by atoms with van der Waals surface area (Å²) in [5.41, 5.74) is 16.8. The van der Waals surface area contributed by atoms with Gasteiger partial charge < -0.3 is 10.1 Å². The van der Waals surface area contributed by atoms with Crippen molar-refractivity contribution < 1.29 is 5.11 Å². The summed E-state index contributed by atoms with van der Waals surface area (Å²) < 4.78 is 0. The van der Waals surface area contributed by atoms with Crippen LogP contribution in [-0.2, 0) is 0 Å². The predicted octanol–water partition coefficient (Wildman–Crippen LogP) is 8.20. The summed E-state index contributed by atoms with van der Waals surface area (Å²) in [5.74, 6) is 0. The summed E-state index contributed by atoms with van der Waals surface area (Å²) in [6.07, 6.45) is 9.14. The van der Waals surface area contributed by atoms with E-state index in [4.69, 9.17) is 15.0 Å². The predicted molar refractivity (Wildman–Crippen MR) is 218 cm³/mol. The number of fused-ring (bicyclic) bond motifs is 6. The van der Waals surface area contributed by atoms with E-state index in [1.54, 1.807) is 0 Å². The van der Waals surface area contributed by atoms with E-state index in [9.17, 15) is 5.11 Å². The fraction of sp³-hybridized carbons (Fsp3) is 0.104. The van der Waals surface area contributed by atoms with Crippen molar-refractivity contribution in [1.82, 2.24) is 4.98 Å². The number of aliphatic hydroxyl groups excluding tert-OH is 1. The van der Waals surface area contributed by atoms with E-state index in [0.717, 1.165) is 94.8 Å². The third kappa shape index (κ3) is 5.85. The second-order valence-corrected chi connectivity index (χ2v) is 14.2. The Bertz CT molecular complexity index is 2710. The standard InChI is InChI=1S/C48H38N4O/c1-28-5-13-32(14-6-28)43-36-27-49-47(48(36)53)46(35-19-11-31(4)12-20-35)42-26-25-41(52-42)45(34-17-9-30(3)10-18-34)40-24-23-39(51-40)44(38-22-21-37(43)50-38)33-15-7-29(2)8-16-33/h5-27,48,50,53H,1-4H3. The zero-order valence-electron chi connectivity index (χ0n) is 30.1. The molecule has 0 fully saturated rings. The molecule has 0 aliphatic carbocycles. The molecule has 1 unspecified atom stereocenters. The Morgan fingerprint density at radius 3 is 1.36 bits per heavy atom. The molecular formula is C48H38N4O. The molecule has 256 valence electrons. The molecule has 53 heavy (non-hydrogen) atoms. The van der Waals surface area contributed by atoms with Crippen LogP contribution < -0.4 is 10.7 Å². The first-order chi connectivity index (χ1) is 25.8. The van der Waals surface area contributed by atoms with Gasteiger partial charge in [-0.2, -0.15) is 0 Å². The largest absolute Gasteiger partial charge is 0.382 e. The third-order valence-electron chi connectivity index (χ3n) is 10.3. The Hall–Kier alpha value is -6.43. The summed E-state index contributed by atoms with van der Waals surface area (Å²) in [6.45, 7) is 8.36. The second-order valence-electron chi connectivity index (χ2n) is 14.2. The number of rotatable bonds is 4. The lowest BCUT2D eigenvalue weighted by molar-refractivity contribution is 0.286. The molecule has 1 aromatic heterocycles. The van der Waals surface area contributed by atoms with Gasteiger partial charge in [0.25, 0.3) is 0 Å². The van der Waals surface area contributed by atoms with E-state index in [-0.39, 0.29) is 0 Å². The van der Waals surface area contributed by atoms with E-state index < -0.39 is 6.10 Å². The van der Waals surface area contributed by atoms with Crippen LogP contribution in [0.3, 0.4) is 0 Å². The monoisotopic (exact) mass is 686 g/mol. The Morgan fingerprint density at radius 2 is 0.849 bits per heavy atom. The number of aromatic amines is 1. The quantitative estimate of drug-likeness (QED) is 0.197. The van der Waals surface area contributed by atoms with Crippen LogP contribution in [0.25, 0.3) is 22.3 Å². The second kappa shape index (κ2) is 13.0. The van der Waals surface area contributed by atoms with Gasteiger partial charge in [-0.25, -0.2) is 9.98 Å². The van der Waals surface area contributed by atoms with E-state index in [0.29, 0.717) is 5.71 Å². The minimum absolute atomic E-state index is 0.564. The molecule has 0 spiro atoms. The van der Waals surface area contributed by atoms with Crippen molar-refractivity contribution in [3.8, 4) is 0 Å². The van der Waals surface area contributed by atoms with Crippen LogP contribution in [0.5, 0.6) is 0 Å². The molecule has 5 heteroatoms. The zero-order valence-corrected chi connectivity index (χ0v) is 30.1. The van der Waals surface area contributed by atoms with Crippen LogP contribution in [-0.4, -0.2) is 33.3 Å². The van der Waals surface area contributed by atoms with Gasteiger partial charge >= 0.3 is 0 Å². The molecule has 5 nitrogen and oxygen atoms in total. The van der Waals surface area contributed by atoms with Crippen molar-refractivity contribution in [2.75, 3.05) is 0 Å². The highest BCUT2D eigenvalue weighted by molar-refractivity contribution is 6.36. The summed E-state index contributed by atoms with van der Waals surface area (Å²) in [4.78, 5) is 19.5. The summed E-state index contributed by atoms with van der Waals surface area (Å²) in [5, 5.41) is 14.2. The first-order valence-electron chi connectivity index (χ1n) is 18.0. The molecular weight excluding hydrogens is 649 g/mol. The van der Waals surface area contributed by atoms with Gasteiger partial charge in [0.15, 0.2) is 0 Å². The van der Waals surface area contributed by atoms with Crippen LogP contribution in [0.4, 0.5) is 0 Å². The summed E-state index contributed by atoms with van der Waals surface area (Å²) >= 11 is 0. The lowest BCUT2D eigenvalue weighted by atomic mass is 9.88. The number of hydrogen-bond donors (Lipinski definition) is 2. The van der Waals surface area contributed by atoms with Gasteiger partial charge in [-0.15, -0.1) is 0 Å². The number of aliphatic hydroxyl groups is 1. The van der Waals surface area contributed by atoms with Crippen LogP contribution >= 0.6 is 0 Å². The maximum atomic E-state index is 12.4. The molecule has 0 saturated carbocycles. The number of aryl methyl sites for hydroxylation is 4. The lowest BCUT2D eigenvalue weighted by Gasteiger charge is -2.18. The van der Waals surface area contributed by atoms with Crippen molar-refractivity contribution in [2.45, 2.75) is 33.8 Å². The maximum Gasteiger partial charge on any atom is 0.124 e. The lowest BCUT2D eigenvalue weighted by Crippen LogP contribution is -2.26. The Kier molecular flexibility index (Phi) is 7.94. The molecule has 0 amide bonds.